The lowest BCUT2D eigenvalue weighted by Gasteiger charge is -2.31. The topological polar surface area (TPSA) is 77.8 Å². The van der Waals surface area contributed by atoms with E-state index in [2.05, 4.69) is 5.32 Å². The average molecular weight is 357 g/mol. The number of hydrogen-bond acceptors (Lipinski definition) is 5. The molecule has 3 rings (SSSR count). The summed E-state index contributed by atoms with van der Waals surface area (Å²) >= 11 is 0. The first kappa shape index (κ1) is 18.0. The van der Waals surface area contributed by atoms with Gasteiger partial charge in [-0.05, 0) is 50.6 Å². The van der Waals surface area contributed by atoms with Crippen molar-refractivity contribution in [3.05, 3.63) is 47.9 Å². The first-order valence-electron chi connectivity index (χ1n) is 8.71. The van der Waals surface area contributed by atoms with Crippen LogP contribution in [0.3, 0.4) is 0 Å². The predicted molar refractivity (Wildman–Crippen MR) is 95.4 cm³/mol. The third-order valence-electron chi connectivity index (χ3n) is 4.18. The molecule has 0 aliphatic carbocycles. The van der Waals surface area contributed by atoms with Gasteiger partial charge in [-0.2, -0.15) is 0 Å². The van der Waals surface area contributed by atoms with E-state index in [0.29, 0.717) is 42.2 Å². The molecule has 1 N–H and O–H groups in total. The highest BCUT2D eigenvalue weighted by molar-refractivity contribution is 6.00. The highest BCUT2D eigenvalue weighted by Gasteiger charge is 2.33. The van der Waals surface area contributed by atoms with Crippen LogP contribution in [0.4, 0.5) is 0 Å². The van der Waals surface area contributed by atoms with Crippen molar-refractivity contribution >= 4 is 11.7 Å². The second-order valence-corrected chi connectivity index (χ2v) is 6.93. The molecule has 0 saturated carbocycles. The Labute approximate surface area is 152 Å². The van der Waals surface area contributed by atoms with Gasteiger partial charge >= 0.3 is 0 Å². The lowest BCUT2D eigenvalue weighted by atomic mass is 9.93. The summed E-state index contributed by atoms with van der Waals surface area (Å²) in [5, 5.41) is 2.79. The third-order valence-corrected chi connectivity index (χ3v) is 4.18. The van der Waals surface area contributed by atoms with Crippen molar-refractivity contribution in [2.45, 2.75) is 51.9 Å². The minimum atomic E-state index is -0.654. The molecule has 2 aromatic rings. The summed E-state index contributed by atoms with van der Waals surface area (Å²) in [6, 6.07) is 8.64. The molecule has 138 valence electrons. The van der Waals surface area contributed by atoms with Crippen LogP contribution in [0.25, 0.3) is 0 Å². The van der Waals surface area contributed by atoms with E-state index in [-0.39, 0.29) is 11.7 Å². The van der Waals surface area contributed by atoms with Crippen LogP contribution in [0.5, 0.6) is 11.5 Å². The second-order valence-electron chi connectivity index (χ2n) is 6.93. The van der Waals surface area contributed by atoms with Gasteiger partial charge in [-0.1, -0.05) is 6.92 Å². The standard InChI is InChI=1S/C20H23NO5/c1-4-17(19(23)21-12-14-6-5-9-24-14)25-13-7-8-18-15(10-13)16(22)11-20(2,3)26-18/h5-10,17H,4,11-12H2,1-3H3,(H,21,23). The molecule has 0 saturated heterocycles. The van der Waals surface area contributed by atoms with E-state index in [1.54, 1.807) is 36.6 Å². The quantitative estimate of drug-likeness (QED) is 0.856. The van der Waals surface area contributed by atoms with Crippen molar-refractivity contribution in [2.75, 3.05) is 0 Å². The molecule has 6 nitrogen and oxygen atoms in total. The van der Waals surface area contributed by atoms with Crippen molar-refractivity contribution in [1.29, 1.82) is 0 Å². The summed E-state index contributed by atoms with van der Waals surface area (Å²) in [5.74, 6) is 1.48. The molecular formula is C20H23NO5. The number of ketones is 1. The Morgan fingerprint density at radius 2 is 2.15 bits per heavy atom. The Kier molecular flexibility index (Phi) is 5.02. The molecule has 0 radical (unpaired) electrons. The molecule has 0 spiro atoms. The van der Waals surface area contributed by atoms with Crippen LogP contribution in [-0.4, -0.2) is 23.4 Å². The van der Waals surface area contributed by atoms with Gasteiger partial charge < -0.3 is 19.2 Å². The molecule has 0 fully saturated rings. The molecule has 1 unspecified atom stereocenters. The van der Waals surface area contributed by atoms with E-state index in [1.165, 1.54) is 0 Å². The van der Waals surface area contributed by atoms with E-state index in [0.717, 1.165) is 0 Å². The van der Waals surface area contributed by atoms with E-state index in [4.69, 9.17) is 13.9 Å². The molecule has 1 amide bonds. The lowest BCUT2D eigenvalue weighted by molar-refractivity contribution is -0.128. The fourth-order valence-electron chi connectivity index (χ4n) is 2.89. The van der Waals surface area contributed by atoms with Crippen LogP contribution >= 0.6 is 0 Å². The minimum Gasteiger partial charge on any atom is -0.487 e. The second kappa shape index (κ2) is 7.23. The van der Waals surface area contributed by atoms with E-state index < -0.39 is 11.7 Å². The van der Waals surface area contributed by atoms with E-state index in [1.807, 2.05) is 20.8 Å². The lowest BCUT2D eigenvalue weighted by Crippen LogP contribution is -2.38. The molecule has 1 aromatic heterocycles. The fourth-order valence-corrected chi connectivity index (χ4v) is 2.89. The van der Waals surface area contributed by atoms with Crippen LogP contribution in [0.1, 0.15) is 49.7 Å². The molecule has 0 bridgehead atoms. The number of hydrogen-bond donors (Lipinski definition) is 1. The van der Waals surface area contributed by atoms with Crippen molar-refractivity contribution in [3.63, 3.8) is 0 Å². The van der Waals surface area contributed by atoms with Gasteiger partial charge in [-0.15, -0.1) is 0 Å². The van der Waals surface area contributed by atoms with Gasteiger partial charge in [0.25, 0.3) is 5.91 Å². The zero-order valence-electron chi connectivity index (χ0n) is 15.2. The monoisotopic (exact) mass is 357 g/mol. The minimum absolute atomic E-state index is 0.0111. The van der Waals surface area contributed by atoms with Crippen molar-refractivity contribution in [1.82, 2.24) is 5.32 Å². The van der Waals surface area contributed by atoms with Gasteiger partial charge in [0.15, 0.2) is 11.9 Å². The number of nitrogens with one attached hydrogen (secondary N) is 1. The summed E-state index contributed by atoms with van der Waals surface area (Å²) in [5.41, 5.74) is -0.0166. The third kappa shape index (κ3) is 4.07. The van der Waals surface area contributed by atoms with E-state index in [9.17, 15) is 9.59 Å². The number of ether oxygens (including phenoxy) is 2. The summed E-state index contributed by atoms with van der Waals surface area (Å²) in [6.07, 6.45) is 1.71. The largest absolute Gasteiger partial charge is 0.487 e. The molecule has 1 aliphatic rings. The van der Waals surface area contributed by atoms with Gasteiger partial charge in [-0.3, -0.25) is 9.59 Å². The van der Waals surface area contributed by atoms with Crippen molar-refractivity contribution in [2.24, 2.45) is 0 Å². The Morgan fingerprint density at radius 3 is 2.85 bits per heavy atom. The number of furan rings is 1. The summed E-state index contributed by atoms with van der Waals surface area (Å²) in [7, 11) is 0. The van der Waals surface area contributed by atoms with Crippen molar-refractivity contribution in [3.8, 4) is 11.5 Å². The highest BCUT2D eigenvalue weighted by atomic mass is 16.5. The zero-order valence-corrected chi connectivity index (χ0v) is 15.2. The SMILES string of the molecule is CCC(Oc1ccc2c(c1)C(=O)CC(C)(C)O2)C(=O)NCc1ccco1. The van der Waals surface area contributed by atoms with Gasteiger partial charge in [0, 0.05) is 0 Å². The molecule has 6 heteroatoms. The summed E-state index contributed by atoms with van der Waals surface area (Å²) in [6.45, 7) is 5.94. The number of fused-ring (bicyclic) bond motifs is 1. The molecule has 2 heterocycles. The van der Waals surface area contributed by atoms with Gasteiger partial charge in [-0.25, -0.2) is 0 Å². The number of Topliss-reactive ketones (excluding diaryl/α,β-unsaturated/α-hetero) is 1. The van der Waals surface area contributed by atoms with Crippen LogP contribution in [0.15, 0.2) is 41.0 Å². The van der Waals surface area contributed by atoms with E-state index >= 15 is 0 Å². The summed E-state index contributed by atoms with van der Waals surface area (Å²) < 4.78 is 16.8. The summed E-state index contributed by atoms with van der Waals surface area (Å²) in [4.78, 5) is 24.7. The highest BCUT2D eigenvalue weighted by Crippen LogP contribution is 2.35. The Balaban J connectivity index is 1.68. The Morgan fingerprint density at radius 1 is 1.35 bits per heavy atom. The first-order chi connectivity index (χ1) is 12.4. The predicted octanol–water partition coefficient (Wildman–Crippen LogP) is 3.50. The first-order valence-corrected chi connectivity index (χ1v) is 8.71. The molecule has 1 atom stereocenters. The maximum Gasteiger partial charge on any atom is 0.261 e. The number of carbonyl (C=O) groups excluding carboxylic acids is 2. The number of carbonyl (C=O) groups is 2. The van der Waals surface area contributed by atoms with Crippen molar-refractivity contribution < 1.29 is 23.5 Å². The fraction of sp³-hybridized carbons (Fsp3) is 0.400. The molecular weight excluding hydrogens is 334 g/mol. The number of benzene rings is 1. The van der Waals surface area contributed by atoms with Gasteiger partial charge in [0.1, 0.15) is 22.9 Å². The van der Waals surface area contributed by atoms with Crippen LogP contribution < -0.4 is 14.8 Å². The van der Waals surface area contributed by atoms with Crippen LogP contribution in [0, 0.1) is 0 Å². The number of rotatable bonds is 6. The van der Waals surface area contributed by atoms with Crippen LogP contribution in [-0.2, 0) is 11.3 Å². The van der Waals surface area contributed by atoms with Crippen LogP contribution in [0.2, 0.25) is 0 Å². The normalized spacial score (nSPS) is 16.3. The smallest absolute Gasteiger partial charge is 0.261 e. The zero-order chi connectivity index (χ0) is 18.7. The Bertz CT molecular complexity index is 795. The average Bonchev–Trinajstić information content (AvgIpc) is 3.10. The maximum absolute atomic E-state index is 12.4. The molecule has 26 heavy (non-hydrogen) atoms. The van der Waals surface area contributed by atoms with Gasteiger partial charge in [0.2, 0.25) is 0 Å². The maximum atomic E-state index is 12.4. The number of amides is 1. The molecule has 1 aromatic carbocycles. The van der Waals surface area contributed by atoms with Gasteiger partial charge in [0.05, 0.1) is 24.8 Å². The Hall–Kier alpha value is -2.76. The molecule has 1 aliphatic heterocycles.